The summed E-state index contributed by atoms with van der Waals surface area (Å²) in [7, 11) is 0. The van der Waals surface area contributed by atoms with Gasteiger partial charge < -0.3 is 4.42 Å². The molecule has 0 atom stereocenters. The van der Waals surface area contributed by atoms with Gasteiger partial charge in [-0.25, -0.2) is 19.9 Å². The highest BCUT2D eigenvalue weighted by Crippen LogP contribution is 2.48. The average Bonchev–Trinajstić information content (AvgIpc) is 4.03. The van der Waals surface area contributed by atoms with Gasteiger partial charge in [0, 0.05) is 59.0 Å². The van der Waals surface area contributed by atoms with Crippen LogP contribution in [0.1, 0.15) is 0 Å². The molecule has 63 heavy (non-hydrogen) atoms. The Kier molecular flexibility index (Phi) is 8.12. The van der Waals surface area contributed by atoms with Crippen LogP contribution in [0.2, 0.25) is 0 Å². The smallest absolute Gasteiger partial charge is 0.235 e. The summed E-state index contributed by atoms with van der Waals surface area (Å²) in [4.78, 5) is 25.5. The first-order chi connectivity index (χ1) is 31.2. The summed E-state index contributed by atoms with van der Waals surface area (Å²) in [6.45, 7) is 0. The van der Waals surface area contributed by atoms with Crippen LogP contribution in [-0.2, 0) is 0 Å². The van der Waals surface area contributed by atoms with Crippen LogP contribution in [0.15, 0.2) is 199 Å². The Morgan fingerprint density at radius 3 is 1.81 bits per heavy atom. The summed E-state index contributed by atoms with van der Waals surface area (Å²) in [5, 5.41) is 6.26. The SMILES string of the molecule is c1ccc(-c2nc(N(c3ccccc3)c3ccc4oc5c(N(c6ccccc6)c6ncc7sc8ccccc8c7n6)c6ccccc6cc5c4c3)nc3c2sc2ccccc23)cc1. The minimum absolute atomic E-state index is 0.564. The maximum Gasteiger partial charge on any atom is 0.235 e. The Balaban J connectivity index is 1.06. The monoisotopic (exact) mass is 844 g/mol. The third kappa shape index (κ3) is 5.78. The van der Waals surface area contributed by atoms with E-state index in [4.69, 9.17) is 24.4 Å². The van der Waals surface area contributed by atoms with Crippen molar-refractivity contribution in [1.29, 1.82) is 0 Å². The lowest BCUT2D eigenvalue weighted by molar-refractivity contribution is 0.669. The molecule has 5 aromatic heterocycles. The Hall–Kier alpha value is -7.98. The Morgan fingerprint density at radius 1 is 0.429 bits per heavy atom. The van der Waals surface area contributed by atoms with Gasteiger partial charge in [-0.1, -0.05) is 127 Å². The summed E-state index contributed by atoms with van der Waals surface area (Å²) >= 11 is 3.44. The minimum Gasteiger partial charge on any atom is -0.454 e. The molecule has 0 bridgehead atoms. The van der Waals surface area contributed by atoms with Gasteiger partial charge in [-0.2, -0.15) is 0 Å². The second-order valence-corrected chi connectivity index (χ2v) is 17.6. The molecule has 5 heterocycles. The number of benzene rings is 8. The first-order valence-electron chi connectivity index (χ1n) is 20.7. The average molecular weight is 845 g/mol. The predicted molar refractivity (Wildman–Crippen MR) is 263 cm³/mol. The van der Waals surface area contributed by atoms with E-state index in [1.807, 2.05) is 36.5 Å². The molecule has 0 unspecified atom stereocenters. The predicted octanol–water partition coefficient (Wildman–Crippen LogP) is 15.7. The number of nitrogens with zero attached hydrogens (tertiary/aromatic N) is 6. The van der Waals surface area contributed by atoms with Crippen molar-refractivity contribution >= 4 is 131 Å². The molecule has 0 aliphatic rings. The van der Waals surface area contributed by atoms with E-state index in [0.717, 1.165) is 97.9 Å². The summed E-state index contributed by atoms with van der Waals surface area (Å²) in [6.07, 6.45) is 1.95. The van der Waals surface area contributed by atoms with E-state index in [0.29, 0.717) is 11.9 Å². The van der Waals surface area contributed by atoms with Gasteiger partial charge in [0.25, 0.3) is 0 Å². The molecular formula is C54H32N6OS2. The number of furan rings is 1. The summed E-state index contributed by atoms with van der Waals surface area (Å²) in [5.74, 6) is 1.15. The van der Waals surface area contributed by atoms with Crippen LogP contribution in [0, 0.1) is 0 Å². The van der Waals surface area contributed by atoms with Crippen LogP contribution in [-0.4, -0.2) is 19.9 Å². The number of aromatic nitrogens is 4. The van der Waals surface area contributed by atoms with E-state index in [9.17, 15) is 0 Å². The van der Waals surface area contributed by atoms with E-state index >= 15 is 0 Å². The number of anilines is 6. The van der Waals surface area contributed by atoms with Crippen molar-refractivity contribution in [1.82, 2.24) is 19.9 Å². The van der Waals surface area contributed by atoms with Crippen molar-refractivity contribution in [2.75, 3.05) is 9.80 Å². The standard InChI is InChI=1S/C54H32N6OS2/c1-4-16-33(17-5-1)47-52-49(40-25-13-15-27-45(40)63-52)58-54(56-47)59(35-19-6-2-7-20-35)37-28-29-43-41(31-37)42-30-34-18-10-11-23-38(34)50(51(42)61-43)60(36-21-8-3-9-22-36)53-55-32-46-48(57-53)39-24-12-14-26-44(39)62-46/h1-32H. The van der Waals surface area contributed by atoms with Gasteiger partial charge in [0.2, 0.25) is 11.9 Å². The van der Waals surface area contributed by atoms with Gasteiger partial charge in [-0.15, -0.1) is 22.7 Å². The number of para-hydroxylation sites is 2. The number of hydrogen-bond donors (Lipinski definition) is 0. The second-order valence-electron chi connectivity index (χ2n) is 15.4. The Labute approximate surface area is 368 Å². The lowest BCUT2D eigenvalue weighted by Gasteiger charge is -2.25. The molecule has 0 N–H and O–H groups in total. The highest BCUT2D eigenvalue weighted by molar-refractivity contribution is 7.26. The molecule has 0 amide bonds. The van der Waals surface area contributed by atoms with Crippen LogP contribution in [0.25, 0.3) is 84.6 Å². The Bertz CT molecular complexity index is 3880. The maximum atomic E-state index is 7.03. The van der Waals surface area contributed by atoms with Crippen LogP contribution >= 0.6 is 22.7 Å². The lowest BCUT2D eigenvalue weighted by atomic mass is 10.0. The first kappa shape index (κ1) is 35.7. The highest BCUT2D eigenvalue weighted by Gasteiger charge is 2.27. The van der Waals surface area contributed by atoms with E-state index in [1.54, 1.807) is 22.7 Å². The zero-order valence-electron chi connectivity index (χ0n) is 33.4. The van der Waals surface area contributed by atoms with Crippen molar-refractivity contribution in [3.8, 4) is 11.3 Å². The van der Waals surface area contributed by atoms with Crippen LogP contribution < -0.4 is 9.80 Å². The van der Waals surface area contributed by atoms with Gasteiger partial charge >= 0.3 is 0 Å². The third-order valence-electron chi connectivity index (χ3n) is 11.7. The number of fused-ring (bicyclic) bond motifs is 10. The molecule has 0 saturated heterocycles. The van der Waals surface area contributed by atoms with E-state index in [-0.39, 0.29) is 0 Å². The Morgan fingerprint density at radius 2 is 1.05 bits per heavy atom. The van der Waals surface area contributed by atoms with Crippen LogP contribution in [0.3, 0.4) is 0 Å². The topological polar surface area (TPSA) is 71.2 Å². The fourth-order valence-electron chi connectivity index (χ4n) is 8.86. The molecule has 0 saturated carbocycles. The van der Waals surface area contributed by atoms with Crippen molar-refractivity contribution < 1.29 is 4.42 Å². The van der Waals surface area contributed by atoms with E-state index in [2.05, 4.69) is 168 Å². The molecule has 0 radical (unpaired) electrons. The van der Waals surface area contributed by atoms with Crippen molar-refractivity contribution in [2.24, 2.45) is 0 Å². The zero-order chi connectivity index (χ0) is 41.4. The molecule has 0 aliphatic carbocycles. The normalized spacial score (nSPS) is 11.8. The molecule has 9 heteroatoms. The first-order valence-corrected chi connectivity index (χ1v) is 22.3. The van der Waals surface area contributed by atoms with Crippen molar-refractivity contribution in [3.63, 3.8) is 0 Å². The van der Waals surface area contributed by atoms with Crippen LogP contribution in [0.4, 0.5) is 34.6 Å². The van der Waals surface area contributed by atoms with Gasteiger partial charge in [0.1, 0.15) is 11.3 Å². The fraction of sp³-hybridized carbons (Fsp3) is 0. The molecule has 0 fully saturated rings. The molecule has 8 aromatic carbocycles. The highest BCUT2D eigenvalue weighted by atomic mass is 32.1. The number of thiophene rings is 2. The molecule has 13 aromatic rings. The summed E-state index contributed by atoms with van der Waals surface area (Å²) in [5.41, 5.74) is 8.95. The van der Waals surface area contributed by atoms with Gasteiger partial charge in [0.15, 0.2) is 5.58 Å². The third-order valence-corrected chi connectivity index (χ3v) is 14.0. The summed E-state index contributed by atoms with van der Waals surface area (Å²) in [6, 6.07) is 65.1. The molecule has 0 aliphatic heterocycles. The fourth-order valence-corrected chi connectivity index (χ4v) is 11.0. The largest absolute Gasteiger partial charge is 0.454 e. The maximum absolute atomic E-state index is 7.03. The zero-order valence-corrected chi connectivity index (χ0v) is 35.0. The molecule has 296 valence electrons. The van der Waals surface area contributed by atoms with Crippen molar-refractivity contribution in [2.45, 2.75) is 0 Å². The number of hydrogen-bond acceptors (Lipinski definition) is 9. The molecule has 7 nitrogen and oxygen atoms in total. The van der Waals surface area contributed by atoms with Crippen molar-refractivity contribution in [3.05, 3.63) is 194 Å². The van der Waals surface area contributed by atoms with Gasteiger partial charge in [-0.05, 0) is 66.0 Å². The molecule has 0 spiro atoms. The van der Waals surface area contributed by atoms with Gasteiger partial charge in [0.05, 0.1) is 32.3 Å². The lowest BCUT2D eigenvalue weighted by Crippen LogP contribution is -2.14. The van der Waals surface area contributed by atoms with E-state index in [1.165, 1.54) is 9.40 Å². The van der Waals surface area contributed by atoms with E-state index < -0.39 is 0 Å². The minimum atomic E-state index is 0.564. The molecular weight excluding hydrogens is 813 g/mol. The summed E-state index contributed by atoms with van der Waals surface area (Å²) < 4.78 is 11.5. The number of rotatable bonds is 7. The molecule has 13 rings (SSSR count). The van der Waals surface area contributed by atoms with Gasteiger partial charge in [-0.3, -0.25) is 9.80 Å². The second kappa shape index (κ2) is 14.3. The quantitative estimate of drug-likeness (QED) is 0.158. The van der Waals surface area contributed by atoms with Crippen LogP contribution in [0.5, 0.6) is 0 Å².